The van der Waals surface area contributed by atoms with Gasteiger partial charge in [0.15, 0.2) is 18.1 Å². The molecule has 0 fully saturated rings. The molecule has 1 N–H and O–H groups in total. The predicted molar refractivity (Wildman–Crippen MR) is 103 cm³/mol. The molecule has 0 spiro atoms. The highest BCUT2D eigenvalue weighted by molar-refractivity contribution is 5.98. The van der Waals surface area contributed by atoms with Crippen molar-refractivity contribution >= 4 is 23.3 Å². The predicted octanol–water partition coefficient (Wildman–Crippen LogP) is 2.72. The summed E-state index contributed by atoms with van der Waals surface area (Å²) in [6, 6.07) is 7.36. The van der Waals surface area contributed by atoms with E-state index in [0.717, 1.165) is 17.7 Å². The molecule has 0 radical (unpaired) electrons. The first kappa shape index (κ1) is 21.5. The van der Waals surface area contributed by atoms with E-state index < -0.39 is 29.1 Å². The van der Waals surface area contributed by atoms with Crippen LogP contribution in [0.1, 0.15) is 15.9 Å². The number of hydrogen-bond donors (Lipinski definition) is 1. The van der Waals surface area contributed by atoms with Crippen LogP contribution >= 0.6 is 0 Å². The van der Waals surface area contributed by atoms with Gasteiger partial charge in [-0.2, -0.15) is 0 Å². The van der Waals surface area contributed by atoms with Crippen molar-refractivity contribution in [1.29, 1.82) is 0 Å². The first-order valence-electron chi connectivity index (χ1n) is 8.32. The molecule has 154 valence electrons. The normalized spacial score (nSPS) is 10.1. The van der Waals surface area contributed by atoms with Crippen molar-refractivity contribution in [2.75, 3.05) is 33.3 Å². The molecule has 0 aromatic heterocycles. The Bertz CT molecular complexity index is 942. The summed E-state index contributed by atoms with van der Waals surface area (Å²) in [5.74, 6) is -1.06. The molecule has 0 unspecified atom stereocenters. The van der Waals surface area contributed by atoms with E-state index in [1.54, 1.807) is 12.1 Å². The summed E-state index contributed by atoms with van der Waals surface area (Å²) in [6.45, 7) is 1.19. The van der Waals surface area contributed by atoms with Crippen LogP contribution in [0.25, 0.3) is 0 Å². The Labute approximate surface area is 166 Å². The number of nitro groups is 1. The average Bonchev–Trinajstić information content (AvgIpc) is 2.70. The minimum atomic E-state index is -1.05. The molecule has 0 saturated carbocycles. The molecule has 0 aliphatic rings. The third-order valence-electron chi connectivity index (χ3n) is 3.88. The Hall–Kier alpha value is -3.82. The number of benzene rings is 2. The summed E-state index contributed by atoms with van der Waals surface area (Å²) in [7, 11) is 4.08. The molecule has 0 saturated heterocycles. The molecule has 1 amide bonds. The highest BCUT2D eigenvalue weighted by Crippen LogP contribution is 2.34. The van der Waals surface area contributed by atoms with Gasteiger partial charge in [-0.3, -0.25) is 14.9 Å². The summed E-state index contributed by atoms with van der Waals surface area (Å²) in [4.78, 5) is 35.0. The van der Waals surface area contributed by atoms with Crippen LogP contribution in [0.3, 0.4) is 0 Å². The second kappa shape index (κ2) is 9.40. The summed E-state index contributed by atoms with van der Waals surface area (Å²) in [6.07, 6.45) is 0. The maximum Gasteiger partial charge on any atom is 0.345 e. The van der Waals surface area contributed by atoms with Gasteiger partial charge in [0.2, 0.25) is 0 Å². The summed E-state index contributed by atoms with van der Waals surface area (Å²) in [5.41, 5.74) is 0.395. The van der Waals surface area contributed by atoms with Crippen LogP contribution in [0.15, 0.2) is 30.3 Å². The number of aryl methyl sites for hydroxylation is 1. The number of ether oxygens (including phenoxy) is 4. The Morgan fingerprint density at radius 2 is 1.62 bits per heavy atom. The van der Waals surface area contributed by atoms with Gasteiger partial charge in [-0.05, 0) is 24.6 Å². The second-order valence-corrected chi connectivity index (χ2v) is 5.81. The third-order valence-corrected chi connectivity index (χ3v) is 3.88. The van der Waals surface area contributed by atoms with Crippen LogP contribution in [-0.2, 0) is 9.53 Å². The number of esters is 1. The molecule has 0 atom stereocenters. The topological polar surface area (TPSA) is 126 Å². The molecule has 0 bridgehead atoms. The summed E-state index contributed by atoms with van der Waals surface area (Å²) < 4.78 is 20.2. The van der Waals surface area contributed by atoms with Crippen molar-refractivity contribution in [3.8, 4) is 17.2 Å². The monoisotopic (exact) mass is 404 g/mol. The molecule has 10 nitrogen and oxygen atoms in total. The number of anilines is 1. The SMILES string of the molecule is COc1ccc(C)cc1NC(=O)COC(=O)c1cc(OC)c(OC)cc1[N+](=O)[O-]. The van der Waals surface area contributed by atoms with Gasteiger partial charge >= 0.3 is 5.97 Å². The highest BCUT2D eigenvalue weighted by atomic mass is 16.6. The Kier molecular flexibility index (Phi) is 6.96. The third kappa shape index (κ3) is 5.12. The van der Waals surface area contributed by atoms with E-state index in [4.69, 9.17) is 18.9 Å². The van der Waals surface area contributed by atoms with Crippen molar-refractivity contribution in [2.24, 2.45) is 0 Å². The smallest absolute Gasteiger partial charge is 0.345 e. The molecule has 10 heteroatoms. The van der Waals surface area contributed by atoms with E-state index in [2.05, 4.69) is 5.32 Å². The number of hydrogen-bond acceptors (Lipinski definition) is 8. The van der Waals surface area contributed by atoms with E-state index in [0.29, 0.717) is 11.4 Å². The number of nitrogens with zero attached hydrogens (tertiary/aromatic N) is 1. The van der Waals surface area contributed by atoms with Gasteiger partial charge in [-0.25, -0.2) is 4.79 Å². The van der Waals surface area contributed by atoms with Gasteiger partial charge in [0.25, 0.3) is 11.6 Å². The lowest BCUT2D eigenvalue weighted by Crippen LogP contribution is -2.21. The highest BCUT2D eigenvalue weighted by Gasteiger charge is 2.26. The van der Waals surface area contributed by atoms with E-state index in [-0.39, 0.29) is 17.1 Å². The fraction of sp³-hybridized carbons (Fsp3) is 0.263. The molecule has 29 heavy (non-hydrogen) atoms. The van der Waals surface area contributed by atoms with Crippen LogP contribution in [0, 0.1) is 17.0 Å². The molecule has 0 aliphatic heterocycles. The fourth-order valence-electron chi connectivity index (χ4n) is 2.50. The van der Waals surface area contributed by atoms with Crippen molar-refractivity contribution in [3.63, 3.8) is 0 Å². The molecular weight excluding hydrogens is 384 g/mol. The van der Waals surface area contributed by atoms with Crippen molar-refractivity contribution in [3.05, 3.63) is 51.6 Å². The minimum absolute atomic E-state index is 0.0834. The van der Waals surface area contributed by atoms with Gasteiger partial charge < -0.3 is 24.3 Å². The number of nitro benzene ring substituents is 1. The van der Waals surface area contributed by atoms with Gasteiger partial charge in [0.1, 0.15) is 11.3 Å². The largest absolute Gasteiger partial charge is 0.495 e. The zero-order valence-corrected chi connectivity index (χ0v) is 16.3. The van der Waals surface area contributed by atoms with Crippen LogP contribution < -0.4 is 19.5 Å². The van der Waals surface area contributed by atoms with Gasteiger partial charge in [-0.15, -0.1) is 0 Å². The second-order valence-electron chi connectivity index (χ2n) is 5.81. The first-order valence-corrected chi connectivity index (χ1v) is 8.32. The number of nitrogens with one attached hydrogen (secondary N) is 1. The maximum absolute atomic E-state index is 12.3. The maximum atomic E-state index is 12.3. The molecule has 2 aromatic carbocycles. The van der Waals surface area contributed by atoms with Crippen molar-refractivity contribution in [1.82, 2.24) is 0 Å². The molecular formula is C19H20N2O8. The van der Waals surface area contributed by atoms with Crippen LogP contribution in [0.4, 0.5) is 11.4 Å². The standard InChI is InChI=1S/C19H20N2O8/c1-11-5-6-15(26-2)13(7-11)20-18(22)10-29-19(23)12-8-16(27-3)17(28-4)9-14(12)21(24)25/h5-9H,10H2,1-4H3,(H,20,22). The minimum Gasteiger partial charge on any atom is -0.495 e. The van der Waals surface area contributed by atoms with Crippen molar-refractivity contribution < 1.29 is 33.5 Å². The number of carbonyl (C=O) groups is 2. The fourth-order valence-corrected chi connectivity index (χ4v) is 2.50. The summed E-state index contributed by atoms with van der Waals surface area (Å²) in [5, 5.41) is 13.9. The van der Waals surface area contributed by atoms with E-state index in [1.165, 1.54) is 21.3 Å². The lowest BCUT2D eigenvalue weighted by molar-refractivity contribution is -0.385. The van der Waals surface area contributed by atoms with E-state index >= 15 is 0 Å². The first-order chi connectivity index (χ1) is 13.8. The molecule has 0 aliphatic carbocycles. The van der Waals surface area contributed by atoms with Crippen molar-refractivity contribution in [2.45, 2.75) is 6.92 Å². The average molecular weight is 404 g/mol. The molecule has 2 aromatic rings. The zero-order chi connectivity index (χ0) is 21.6. The number of rotatable bonds is 8. The molecule has 2 rings (SSSR count). The quantitative estimate of drug-likeness (QED) is 0.404. The van der Waals surface area contributed by atoms with E-state index in [1.807, 2.05) is 13.0 Å². The Morgan fingerprint density at radius 1 is 1.00 bits per heavy atom. The number of methoxy groups -OCH3 is 3. The number of amides is 1. The zero-order valence-electron chi connectivity index (χ0n) is 16.3. The van der Waals surface area contributed by atoms with Gasteiger partial charge in [0.05, 0.1) is 38.0 Å². The van der Waals surface area contributed by atoms with Gasteiger partial charge in [-0.1, -0.05) is 6.07 Å². The van der Waals surface area contributed by atoms with Gasteiger partial charge in [0, 0.05) is 6.07 Å². The van der Waals surface area contributed by atoms with Crippen LogP contribution in [0.2, 0.25) is 0 Å². The summed E-state index contributed by atoms with van der Waals surface area (Å²) >= 11 is 0. The lowest BCUT2D eigenvalue weighted by atomic mass is 10.1. The Morgan fingerprint density at radius 3 is 2.21 bits per heavy atom. The Balaban J connectivity index is 2.15. The van der Waals surface area contributed by atoms with Crippen LogP contribution in [-0.4, -0.2) is 44.7 Å². The van der Waals surface area contributed by atoms with E-state index in [9.17, 15) is 19.7 Å². The number of carbonyl (C=O) groups excluding carboxylic acids is 2. The molecule has 0 heterocycles. The van der Waals surface area contributed by atoms with Crippen LogP contribution in [0.5, 0.6) is 17.2 Å². The lowest BCUT2D eigenvalue weighted by Gasteiger charge is -2.12.